The van der Waals surface area contributed by atoms with Gasteiger partial charge in [0.1, 0.15) is 5.69 Å². The molecule has 7 heteroatoms. The third kappa shape index (κ3) is 2.44. The molecular weight excluding hydrogens is 272 g/mol. The molecule has 1 N–H and O–H groups in total. The number of rotatable bonds is 3. The largest absolute Gasteiger partial charge is 0.449 e. The van der Waals surface area contributed by atoms with Gasteiger partial charge in [-0.1, -0.05) is 24.3 Å². The van der Waals surface area contributed by atoms with Crippen molar-refractivity contribution in [3.8, 4) is 11.4 Å². The molecule has 0 saturated heterocycles. The van der Waals surface area contributed by atoms with Crippen LogP contribution in [0.25, 0.3) is 11.4 Å². The first-order valence-electron chi connectivity index (χ1n) is 6.19. The van der Waals surface area contributed by atoms with Crippen LogP contribution in [0, 0.1) is 10.1 Å². The van der Waals surface area contributed by atoms with Gasteiger partial charge < -0.3 is 0 Å². The molecule has 2 aromatic carbocycles. The molecule has 0 aliphatic heterocycles. The number of H-pyrrole nitrogens is 1. The van der Waals surface area contributed by atoms with Crippen molar-refractivity contribution >= 4 is 5.69 Å². The molecule has 1 heterocycles. The fraction of sp³-hybridized carbons (Fsp3) is 0. The van der Waals surface area contributed by atoms with Crippen molar-refractivity contribution in [3.05, 3.63) is 81.5 Å². The summed E-state index contributed by atoms with van der Waals surface area (Å²) in [6, 6.07) is 15.1. The SMILES string of the molecule is O=c1[nH][n+](-c2cccc([N+](=O)[O-])c2)cn1-c1ccccc1. The molecular formula is C14H11N4O3+. The van der Waals surface area contributed by atoms with Gasteiger partial charge >= 0.3 is 5.69 Å². The van der Waals surface area contributed by atoms with E-state index < -0.39 is 4.92 Å². The Morgan fingerprint density at radius 1 is 1.10 bits per heavy atom. The quantitative estimate of drug-likeness (QED) is 0.447. The summed E-state index contributed by atoms with van der Waals surface area (Å²) in [4.78, 5) is 22.3. The predicted molar refractivity (Wildman–Crippen MR) is 74.6 cm³/mol. The molecule has 0 atom stereocenters. The van der Waals surface area contributed by atoms with Crippen LogP contribution in [0.4, 0.5) is 5.69 Å². The standard InChI is InChI=1S/C14H10N4O3/c19-14-15-17(10-16(14)11-5-2-1-3-6-11)12-7-4-8-13(9-12)18(20)21/h1-10H/p+1. The molecule has 0 radical (unpaired) electrons. The van der Waals surface area contributed by atoms with E-state index in [1.54, 1.807) is 30.6 Å². The smallest absolute Gasteiger partial charge is 0.258 e. The Labute approximate surface area is 118 Å². The van der Waals surface area contributed by atoms with Crippen LogP contribution >= 0.6 is 0 Å². The van der Waals surface area contributed by atoms with Crippen molar-refractivity contribution < 1.29 is 9.61 Å². The summed E-state index contributed by atoms with van der Waals surface area (Å²) < 4.78 is 2.88. The highest BCUT2D eigenvalue weighted by Crippen LogP contribution is 2.12. The molecule has 0 saturated carbocycles. The number of hydrogen-bond acceptors (Lipinski definition) is 3. The van der Waals surface area contributed by atoms with Crippen LogP contribution < -0.4 is 10.4 Å². The van der Waals surface area contributed by atoms with Crippen molar-refractivity contribution in [2.24, 2.45) is 0 Å². The number of aromatic amines is 1. The van der Waals surface area contributed by atoms with Crippen molar-refractivity contribution in [2.75, 3.05) is 0 Å². The molecule has 1 aromatic heterocycles. The molecule has 3 aromatic rings. The lowest BCUT2D eigenvalue weighted by atomic mass is 10.3. The Kier molecular flexibility index (Phi) is 3.07. The fourth-order valence-corrected chi connectivity index (χ4v) is 2.01. The summed E-state index contributed by atoms with van der Waals surface area (Å²) in [5.41, 5.74) is 0.861. The number of non-ortho nitro benzene ring substituents is 1. The molecule has 21 heavy (non-hydrogen) atoms. The van der Waals surface area contributed by atoms with Crippen LogP contribution in [-0.2, 0) is 0 Å². The van der Waals surface area contributed by atoms with Gasteiger partial charge in [-0.05, 0) is 18.2 Å². The van der Waals surface area contributed by atoms with Crippen molar-refractivity contribution in [2.45, 2.75) is 0 Å². The van der Waals surface area contributed by atoms with E-state index in [2.05, 4.69) is 5.10 Å². The summed E-state index contributed by atoms with van der Waals surface area (Å²) in [7, 11) is 0. The van der Waals surface area contributed by atoms with Gasteiger partial charge in [-0.2, -0.15) is 0 Å². The highest BCUT2D eigenvalue weighted by Gasteiger charge is 2.16. The fourth-order valence-electron chi connectivity index (χ4n) is 2.01. The lowest BCUT2D eigenvalue weighted by Gasteiger charge is -1.94. The van der Waals surface area contributed by atoms with Gasteiger partial charge in [0.05, 0.1) is 11.0 Å². The van der Waals surface area contributed by atoms with Gasteiger partial charge in [0.25, 0.3) is 12.0 Å². The molecule has 0 aliphatic carbocycles. The molecule has 0 spiro atoms. The number of benzene rings is 2. The Hall–Kier alpha value is -3.22. The number of nitrogens with zero attached hydrogens (tertiary/aromatic N) is 3. The van der Waals surface area contributed by atoms with Gasteiger partial charge in [-0.3, -0.25) is 10.1 Å². The van der Waals surface area contributed by atoms with Crippen LogP contribution in [0.3, 0.4) is 0 Å². The van der Waals surface area contributed by atoms with Gasteiger partial charge in [-0.25, -0.2) is 4.79 Å². The lowest BCUT2D eigenvalue weighted by molar-refractivity contribution is -0.658. The van der Waals surface area contributed by atoms with Crippen molar-refractivity contribution in [3.63, 3.8) is 0 Å². The average Bonchev–Trinajstić information content (AvgIpc) is 2.90. The highest BCUT2D eigenvalue weighted by molar-refractivity contribution is 5.38. The van der Waals surface area contributed by atoms with E-state index >= 15 is 0 Å². The van der Waals surface area contributed by atoms with Crippen LogP contribution in [0.1, 0.15) is 0 Å². The van der Waals surface area contributed by atoms with Gasteiger partial charge in [-0.15, -0.1) is 14.3 Å². The van der Waals surface area contributed by atoms with E-state index in [1.807, 2.05) is 18.2 Å². The first-order chi connectivity index (χ1) is 10.1. The van der Waals surface area contributed by atoms with Crippen LogP contribution in [0.5, 0.6) is 0 Å². The minimum Gasteiger partial charge on any atom is -0.258 e. The number of aromatic nitrogens is 3. The van der Waals surface area contributed by atoms with Crippen LogP contribution in [0.2, 0.25) is 0 Å². The monoisotopic (exact) mass is 283 g/mol. The second-order valence-electron chi connectivity index (χ2n) is 4.38. The van der Waals surface area contributed by atoms with Crippen molar-refractivity contribution in [1.29, 1.82) is 0 Å². The van der Waals surface area contributed by atoms with Crippen molar-refractivity contribution in [1.82, 2.24) is 9.67 Å². The molecule has 0 bridgehead atoms. The van der Waals surface area contributed by atoms with E-state index in [9.17, 15) is 14.9 Å². The third-order valence-electron chi connectivity index (χ3n) is 3.02. The maximum absolute atomic E-state index is 12.0. The second-order valence-corrected chi connectivity index (χ2v) is 4.38. The van der Waals surface area contributed by atoms with Crippen LogP contribution in [-0.4, -0.2) is 14.6 Å². The Morgan fingerprint density at radius 3 is 2.57 bits per heavy atom. The van der Waals surface area contributed by atoms with E-state index in [0.717, 1.165) is 0 Å². The minimum absolute atomic E-state index is 0.0340. The molecule has 0 aliphatic rings. The highest BCUT2D eigenvalue weighted by atomic mass is 16.6. The maximum atomic E-state index is 12.0. The molecule has 3 rings (SSSR count). The number of nitro groups is 1. The summed E-state index contributed by atoms with van der Waals surface area (Å²) in [6.45, 7) is 0. The maximum Gasteiger partial charge on any atom is 0.449 e. The first kappa shape index (κ1) is 12.8. The topological polar surface area (TPSA) is 84.8 Å². The summed E-state index contributed by atoms with van der Waals surface area (Å²) >= 11 is 0. The zero-order valence-corrected chi connectivity index (χ0v) is 10.8. The molecule has 104 valence electrons. The normalized spacial score (nSPS) is 10.5. The van der Waals surface area contributed by atoms with E-state index in [-0.39, 0.29) is 11.4 Å². The minimum atomic E-state index is -0.476. The number of hydrogen-bond donors (Lipinski definition) is 1. The number of para-hydroxylation sites is 1. The zero-order valence-electron chi connectivity index (χ0n) is 10.8. The number of nitrogens with one attached hydrogen (secondary N) is 1. The predicted octanol–water partition coefficient (Wildman–Crippen LogP) is 1.35. The van der Waals surface area contributed by atoms with E-state index in [4.69, 9.17) is 0 Å². The Bertz CT molecular complexity index is 852. The zero-order chi connectivity index (χ0) is 14.8. The molecule has 0 fully saturated rings. The first-order valence-corrected chi connectivity index (χ1v) is 6.19. The average molecular weight is 283 g/mol. The summed E-state index contributed by atoms with van der Waals surface area (Å²) in [6.07, 6.45) is 1.55. The lowest BCUT2D eigenvalue weighted by Crippen LogP contribution is -2.33. The third-order valence-corrected chi connectivity index (χ3v) is 3.02. The van der Waals surface area contributed by atoms with Gasteiger partial charge in [0.15, 0.2) is 5.69 Å². The van der Waals surface area contributed by atoms with Crippen LogP contribution in [0.15, 0.2) is 65.7 Å². The molecule has 0 unspecified atom stereocenters. The number of nitro benzene ring substituents is 1. The van der Waals surface area contributed by atoms with E-state index in [1.165, 1.54) is 21.4 Å². The summed E-state index contributed by atoms with van der Waals surface area (Å²) in [5, 5.41) is 13.4. The Balaban J connectivity index is 2.08. The van der Waals surface area contributed by atoms with Gasteiger partial charge in [0, 0.05) is 6.07 Å². The molecule has 0 amide bonds. The van der Waals surface area contributed by atoms with Gasteiger partial charge in [0.2, 0.25) is 0 Å². The second kappa shape index (κ2) is 5.04. The Morgan fingerprint density at radius 2 is 1.86 bits per heavy atom. The van der Waals surface area contributed by atoms with E-state index in [0.29, 0.717) is 11.4 Å². The summed E-state index contributed by atoms with van der Waals surface area (Å²) in [5.74, 6) is 0. The molecule has 7 nitrogen and oxygen atoms in total.